The van der Waals surface area contributed by atoms with Gasteiger partial charge in [-0.15, -0.1) is 0 Å². The molecule has 7 nitrogen and oxygen atoms in total. The van der Waals surface area contributed by atoms with Crippen molar-refractivity contribution >= 4 is 17.9 Å². The highest BCUT2D eigenvalue weighted by Crippen LogP contribution is 2.29. The first-order valence-corrected chi connectivity index (χ1v) is 5.43. The Balaban J connectivity index is 2.44. The number of nitrogens with zero attached hydrogens (tertiary/aromatic N) is 1. The lowest BCUT2D eigenvalue weighted by Gasteiger charge is -2.20. The number of rotatable bonds is 6. The summed E-state index contributed by atoms with van der Waals surface area (Å²) >= 11 is 0. The number of aliphatic carboxylic acids is 1. The number of carbonyl (C=O) groups excluding carboxylic acids is 2. The maximum absolute atomic E-state index is 11.6. The van der Waals surface area contributed by atoms with Crippen LogP contribution in [0.5, 0.6) is 0 Å². The molecule has 1 aliphatic carbocycles. The molecule has 0 aliphatic heterocycles. The number of hydrogen-bond donors (Lipinski definition) is 3. The van der Waals surface area contributed by atoms with Gasteiger partial charge in [-0.1, -0.05) is 0 Å². The van der Waals surface area contributed by atoms with Gasteiger partial charge in [0.25, 0.3) is 0 Å². The van der Waals surface area contributed by atoms with E-state index in [1.807, 2.05) is 0 Å². The Hall–Kier alpha value is -1.79. The van der Waals surface area contributed by atoms with Crippen molar-refractivity contribution in [2.24, 2.45) is 11.7 Å². The molecule has 0 aromatic rings. The highest BCUT2D eigenvalue weighted by molar-refractivity contribution is 5.87. The quantitative estimate of drug-likeness (QED) is 0.576. The van der Waals surface area contributed by atoms with Crippen LogP contribution in [-0.4, -0.2) is 47.5 Å². The summed E-state index contributed by atoms with van der Waals surface area (Å²) in [7, 11) is 1.59. The van der Waals surface area contributed by atoms with E-state index >= 15 is 0 Å². The lowest BCUT2D eigenvalue weighted by molar-refractivity contribution is -0.140. The van der Waals surface area contributed by atoms with E-state index in [1.165, 1.54) is 4.90 Å². The average molecular weight is 243 g/mol. The summed E-state index contributed by atoms with van der Waals surface area (Å²) in [6.45, 7) is 0.606. The molecule has 1 saturated carbocycles. The molecule has 0 aromatic heterocycles. The Morgan fingerprint density at radius 3 is 2.47 bits per heavy atom. The number of carboxylic acids is 1. The van der Waals surface area contributed by atoms with E-state index < -0.39 is 30.4 Å². The molecule has 0 aromatic carbocycles. The van der Waals surface area contributed by atoms with Crippen molar-refractivity contribution in [1.29, 1.82) is 0 Å². The smallest absolute Gasteiger partial charge is 0.326 e. The Labute approximate surface area is 98.9 Å². The second-order valence-electron chi connectivity index (χ2n) is 4.33. The average Bonchev–Trinajstić information content (AvgIpc) is 2.99. The van der Waals surface area contributed by atoms with Crippen molar-refractivity contribution < 1.29 is 19.5 Å². The number of nitrogens with one attached hydrogen (secondary N) is 1. The lowest BCUT2D eigenvalue weighted by Crippen LogP contribution is -2.48. The number of nitrogens with two attached hydrogens (primary N) is 1. The fourth-order valence-corrected chi connectivity index (χ4v) is 1.43. The highest BCUT2D eigenvalue weighted by atomic mass is 16.4. The van der Waals surface area contributed by atoms with Crippen LogP contribution in [-0.2, 0) is 9.59 Å². The zero-order valence-corrected chi connectivity index (χ0v) is 9.68. The highest BCUT2D eigenvalue weighted by Gasteiger charge is 2.27. The molecule has 7 heteroatoms. The van der Waals surface area contributed by atoms with Crippen molar-refractivity contribution in [1.82, 2.24) is 10.2 Å². The van der Waals surface area contributed by atoms with E-state index in [0.717, 1.165) is 12.8 Å². The Morgan fingerprint density at radius 2 is 2.06 bits per heavy atom. The van der Waals surface area contributed by atoms with E-state index in [1.54, 1.807) is 7.05 Å². The van der Waals surface area contributed by atoms with Crippen molar-refractivity contribution in [3.63, 3.8) is 0 Å². The molecule has 0 heterocycles. The van der Waals surface area contributed by atoms with Gasteiger partial charge >= 0.3 is 12.0 Å². The minimum absolute atomic E-state index is 0.404. The van der Waals surface area contributed by atoms with Crippen molar-refractivity contribution in [2.75, 3.05) is 13.6 Å². The van der Waals surface area contributed by atoms with Gasteiger partial charge in [0.05, 0.1) is 6.42 Å². The number of hydrogen-bond acceptors (Lipinski definition) is 3. The standard InChI is InChI=1S/C10H17N3O4/c1-13(5-6-2-3-6)10(17)12-7(9(15)16)4-8(11)14/h6-7H,2-5H2,1H3,(H2,11,14)(H,12,17)(H,15,16). The molecule has 4 N–H and O–H groups in total. The lowest BCUT2D eigenvalue weighted by atomic mass is 10.2. The minimum Gasteiger partial charge on any atom is -0.480 e. The van der Waals surface area contributed by atoms with Crippen LogP contribution >= 0.6 is 0 Å². The first kappa shape index (κ1) is 13.3. The number of carbonyl (C=O) groups is 3. The Morgan fingerprint density at radius 1 is 1.47 bits per heavy atom. The number of urea groups is 1. The van der Waals surface area contributed by atoms with E-state index in [0.29, 0.717) is 12.5 Å². The van der Waals surface area contributed by atoms with Crippen molar-refractivity contribution in [2.45, 2.75) is 25.3 Å². The van der Waals surface area contributed by atoms with Crippen LogP contribution in [0, 0.1) is 5.92 Å². The van der Waals surface area contributed by atoms with Crippen molar-refractivity contribution in [3.8, 4) is 0 Å². The first-order chi connectivity index (χ1) is 7.90. The molecule has 1 unspecified atom stereocenters. The maximum atomic E-state index is 11.6. The van der Waals surface area contributed by atoms with Gasteiger partial charge in [-0.2, -0.15) is 0 Å². The third-order valence-electron chi connectivity index (χ3n) is 2.58. The molecule has 0 bridgehead atoms. The van der Waals surface area contributed by atoms with E-state index in [2.05, 4.69) is 5.32 Å². The monoisotopic (exact) mass is 243 g/mol. The van der Waals surface area contributed by atoms with Crippen LogP contribution < -0.4 is 11.1 Å². The summed E-state index contributed by atoms with van der Waals surface area (Å²) in [5.41, 5.74) is 4.91. The summed E-state index contributed by atoms with van der Waals surface area (Å²) in [6.07, 6.45) is 1.79. The van der Waals surface area contributed by atoms with E-state index in [-0.39, 0.29) is 0 Å². The molecule has 3 amide bonds. The number of amides is 3. The van der Waals surface area contributed by atoms with Gasteiger partial charge in [-0.25, -0.2) is 9.59 Å². The van der Waals surface area contributed by atoms with Gasteiger partial charge < -0.3 is 21.1 Å². The van der Waals surface area contributed by atoms with Gasteiger partial charge in [0.2, 0.25) is 5.91 Å². The third kappa shape index (κ3) is 4.71. The van der Waals surface area contributed by atoms with Crippen LogP contribution in [0.3, 0.4) is 0 Å². The molecule has 17 heavy (non-hydrogen) atoms. The van der Waals surface area contributed by atoms with Crippen LogP contribution in [0.25, 0.3) is 0 Å². The zero-order chi connectivity index (χ0) is 13.0. The third-order valence-corrected chi connectivity index (χ3v) is 2.58. The first-order valence-electron chi connectivity index (χ1n) is 5.43. The van der Waals surface area contributed by atoms with Gasteiger partial charge in [-0.3, -0.25) is 4.79 Å². The largest absolute Gasteiger partial charge is 0.480 e. The zero-order valence-electron chi connectivity index (χ0n) is 9.68. The second-order valence-corrected chi connectivity index (χ2v) is 4.33. The predicted octanol–water partition coefficient (Wildman–Crippen LogP) is -0.634. The SMILES string of the molecule is CN(CC1CC1)C(=O)NC(CC(N)=O)C(=O)O. The molecule has 0 saturated heterocycles. The number of carboxylic acid groups (broad SMARTS) is 1. The topological polar surface area (TPSA) is 113 Å². The summed E-state index contributed by atoms with van der Waals surface area (Å²) < 4.78 is 0. The van der Waals surface area contributed by atoms with Crippen molar-refractivity contribution in [3.05, 3.63) is 0 Å². The van der Waals surface area contributed by atoms with E-state index in [4.69, 9.17) is 10.8 Å². The molecule has 1 aliphatic rings. The normalized spacial score (nSPS) is 16.1. The predicted molar refractivity (Wildman–Crippen MR) is 59.1 cm³/mol. The fraction of sp³-hybridized carbons (Fsp3) is 0.700. The van der Waals surface area contributed by atoms with Gasteiger partial charge in [-0.05, 0) is 18.8 Å². The Bertz CT molecular complexity index is 328. The second kappa shape index (κ2) is 5.51. The molecular weight excluding hydrogens is 226 g/mol. The summed E-state index contributed by atoms with van der Waals surface area (Å²) in [4.78, 5) is 34.5. The molecule has 0 spiro atoms. The van der Waals surface area contributed by atoms with Gasteiger partial charge in [0.15, 0.2) is 0 Å². The summed E-state index contributed by atoms with van der Waals surface area (Å²) in [6, 6.07) is -1.76. The summed E-state index contributed by atoms with van der Waals surface area (Å²) in [5, 5.41) is 11.1. The van der Waals surface area contributed by atoms with Gasteiger partial charge in [0, 0.05) is 13.6 Å². The van der Waals surface area contributed by atoms with Crippen LogP contribution in [0.1, 0.15) is 19.3 Å². The molecule has 1 atom stereocenters. The minimum atomic E-state index is -1.27. The van der Waals surface area contributed by atoms with Crippen LogP contribution in [0.15, 0.2) is 0 Å². The summed E-state index contributed by atoms with van der Waals surface area (Å²) in [5.74, 6) is -1.51. The van der Waals surface area contributed by atoms with Crippen LogP contribution in [0.4, 0.5) is 4.79 Å². The van der Waals surface area contributed by atoms with E-state index in [9.17, 15) is 14.4 Å². The van der Waals surface area contributed by atoms with Crippen LogP contribution in [0.2, 0.25) is 0 Å². The molecule has 1 rings (SSSR count). The Kier molecular flexibility index (Phi) is 4.30. The molecule has 96 valence electrons. The maximum Gasteiger partial charge on any atom is 0.326 e. The van der Waals surface area contributed by atoms with Gasteiger partial charge in [0.1, 0.15) is 6.04 Å². The molecular formula is C10H17N3O4. The fourth-order valence-electron chi connectivity index (χ4n) is 1.43. The number of primary amides is 1. The molecule has 1 fully saturated rings. The molecule has 0 radical (unpaired) electrons.